The SMILES string of the molecule is CCc1cc(C(=O)N2CC(C)OC(CO)C2)cc(Cl)n1. The van der Waals surface area contributed by atoms with Gasteiger partial charge in [-0.1, -0.05) is 18.5 Å². The zero-order chi connectivity index (χ0) is 14.7. The molecule has 1 N–H and O–H groups in total. The number of aliphatic hydroxyl groups excluding tert-OH is 1. The van der Waals surface area contributed by atoms with Crippen molar-refractivity contribution >= 4 is 17.5 Å². The number of carbonyl (C=O) groups excluding carboxylic acids is 1. The molecule has 6 heteroatoms. The van der Waals surface area contributed by atoms with Crippen molar-refractivity contribution in [3.05, 3.63) is 28.5 Å². The molecule has 1 aliphatic rings. The number of rotatable bonds is 3. The van der Waals surface area contributed by atoms with E-state index in [-0.39, 0.29) is 24.7 Å². The summed E-state index contributed by atoms with van der Waals surface area (Å²) in [6, 6.07) is 3.35. The molecule has 110 valence electrons. The molecule has 20 heavy (non-hydrogen) atoms. The topological polar surface area (TPSA) is 62.7 Å². The Hall–Kier alpha value is -1.17. The summed E-state index contributed by atoms with van der Waals surface area (Å²) in [5.74, 6) is -0.0994. The maximum absolute atomic E-state index is 12.5. The highest BCUT2D eigenvalue weighted by molar-refractivity contribution is 6.29. The summed E-state index contributed by atoms with van der Waals surface area (Å²) in [4.78, 5) is 18.4. The molecule has 0 aromatic carbocycles. The number of morpholine rings is 1. The maximum Gasteiger partial charge on any atom is 0.254 e. The molecule has 2 unspecified atom stereocenters. The summed E-state index contributed by atoms with van der Waals surface area (Å²) in [5, 5.41) is 9.54. The van der Waals surface area contributed by atoms with Gasteiger partial charge in [-0.05, 0) is 25.5 Å². The van der Waals surface area contributed by atoms with Crippen molar-refractivity contribution in [1.82, 2.24) is 9.88 Å². The van der Waals surface area contributed by atoms with Crippen LogP contribution < -0.4 is 0 Å². The normalized spacial score (nSPS) is 22.9. The molecule has 2 atom stereocenters. The Morgan fingerprint density at radius 3 is 2.95 bits per heavy atom. The number of amides is 1. The molecular weight excluding hydrogens is 280 g/mol. The van der Waals surface area contributed by atoms with E-state index >= 15 is 0 Å². The highest BCUT2D eigenvalue weighted by atomic mass is 35.5. The number of hydrogen-bond acceptors (Lipinski definition) is 4. The van der Waals surface area contributed by atoms with Gasteiger partial charge in [0.2, 0.25) is 0 Å². The molecular formula is C14H19ClN2O3. The van der Waals surface area contributed by atoms with Gasteiger partial charge >= 0.3 is 0 Å². The average molecular weight is 299 g/mol. The Balaban J connectivity index is 2.20. The van der Waals surface area contributed by atoms with Crippen molar-refractivity contribution in [2.24, 2.45) is 0 Å². The molecule has 1 saturated heterocycles. The van der Waals surface area contributed by atoms with Gasteiger partial charge in [0.1, 0.15) is 5.15 Å². The molecule has 5 nitrogen and oxygen atoms in total. The first-order valence-corrected chi connectivity index (χ1v) is 7.13. The number of aryl methyl sites for hydroxylation is 1. The number of pyridine rings is 1. The van der Waals surface area contributed by atoms with Gasteiger partial charge in [-0.25, -0.2) is 4.98 Å². The highest BCUT2D eigenvalue weighted by Gasteiger charge is 2.28. The summed E-state index contributed by atoms with van der Waals surface area (Å²) in [7, 11) is 0. The molecule has 1 amide bonds. The summed E-state index contributed by atoms with van der Waals surface area (Å²) in [6.45, 7) is 4.66. The monoisotopic (exact) mass is 298 g/mol. The van der Waals surface area contributed by atoms with E-state index in [0.29, 0.717) is 23.8 Å². The Kier molecular flexibility index (Phi) is 4.96. The summed E-state index contributed by atoms with van der Waals surface area (Å²) in [5.41, 5.74) is 1.33. The van der Waals surface area contributed by atoms with Gasteiger partial charge in [0.05, 0.1) is 18.8 Å². The lowest BCUT2D eigenvalue weighted by molar-refractivity contribution is -0.0858. The third-order valence-corrected chi connectivity index (χ3v) is 3.47. The van der Waals surface area contributed by atoms with Crippen LogP contribution >= 0.6 is 11.6 Å². The van der Waals surface area contributed by atoms with Gasteiger partial charge in [-0.3, -0.25) is 4.79 Å². The predicted molar refractivity (Wildman–Crippen MR) is 75.9 cm³/mol. The standard InChI is InChI=1S/C14H19ClN2O3/c1-3-11-4-10(5-13(15)16-11)14(19)17-6-9(2)20-12(7-17)8-18/h4-5,9,12,18H,3,6-8H2,1-2H3. The van der Waals surface area contributed by atoms with Crippen molar-refractivity contribution in [3.8, 4) is 0 Å². The van der Waals surface area contributed by atoms with Crippen LogP contribution in [0.3, 0.4) is 0 Å². The Labute approximate surface area is 123 Å². The van der Waals surface area contributed by atoms with Gasteiger partial charge in [0.15, 0.2) is 0 Å². The molecule has 0 radical (unpaired) electrons. The van der Waals surface area contributed by atoms with Crippen LogP contribution in [-0.2, 0) is 11.2 Å². The number of aromatic nitrogens is 1. The molecule has 0 saturated carbocycles. The lowest BCUT2D eigenvalue weighted by Crippen LogP contribution is -2.50. The molecule has 1 aromatic heterocycles. The van der Waals surface area contributed by atoms with Crippen LogP contribution in [0.2, 0.25) is 5.15 Å². The minimum atomic E-state index is -0.328. The number of ether oxygens (including phenoxy) is 1. The fourth-order valence-corrected chi connectivity index (χ4v) is 2.58. The molecule has 1 aromatic rings. The first-order chi connectivity index (χ1) is 9.53. The van der Waals surface area contributed by atoms with Crippen molar-refractivity contribution in [1.29, 1.82) is 0 Å². The Bertz CT molecular complexity index is 495. The first kappa shape index (κ1) is 15.2. The van der Waals surface area contributed by atoms with Gasteiger partial charge in [-0.15, -0.1) is 0 Å². The van der Waals surface area contributed by atoms with Gasteiger partial charge in [0, 0.05) is 24.3 Å². The van der Waals surface area contributed by atoms with Crippen LogP contribution in [0, 0.1) is 0 Å². The minimum Gasteiger partial charge on any atom is -0.394 e. The van der Waals surface area contributed by atoms with Crippen molar-refractivity contribution in [2.75, 3.05) is 19.7 Å². The molecule has 0 bridgehead atoms. The second kappa shape index (κ2) is 6.52. The summed E-state index contributed by atoms with van der Waals surface area (Å²) >= 11 is 5.95. The number of aliphatic hydroxyl groups is 1. The van der Waals surface area contributed by atoms with Crippen LogP contribution in [-0.4, -0.2) is 52.8 Å². The second-order valence-corrected chi connectivity index (χ2v) is 5.37. The zero-order valence-corrected chi connectivity index (χ0v) is 12.4. The minimum absolute atomic E-state index is 0.0900. The van der Waals surface area contributed by atoms with Gasteiger partial charge < -0.3 is 14.7 Å². The Morgan fingerprint density at radius 2 is 2.30 bits per heavy atom. The fraction of sp³-hybridized carbons (Fsp3) is 0.571. The van der Waals surface area contributed by atoms with E-state index in [1.807, 2.05) is 13.8 Å². The molecule has 1 fully saturated rings. The van der Waals surface area contributed by atoms with Gasteiger partial charge in [-0.2, -0.15) is 0 Å². The van der Waals surface area contributed by atoms with Crippen LogP contribution in [0.4, 0.5) is 0 Å². The average Bonchev–Trinajstić information content (AvgIpc) is 2.44. The van der Waals surface area contributed by atoms with E-state index in [1.54, 1.807) is 17.0 Å². The molecule has 0 aliphatic carbocycles. The first-order valence-electron chi connectivity index (χ1n) is 6.75. The largest absolute Gasteiger partial charge is 0.394 e. The van der Waals surface area contributed by atoms with E-state index < -0.39 is 0 Å². The van der Waals surface area contributed by atoms with Crippen LogP contribution in [0.15, 0.2) is 12.1 Å². The highest BCUT2D eigenvalue weighted by Crippen LogP contribution is 2.17. The van der Waals surface area contributed by atoms with Crippen molar-refractivity contribution in [2.45, 2.75) is 32.5 Å². The molecule has 2 heterocycles. The lowest BCUT2D eigenvalue weighted by Gasteiger charge is -2.36. The van der Waals surface area contributed by atoms with E-state index in [0.717, 1.165) is 12.1 Å². The van der Waals surface area contributed by atoms with Gasteiger partial charge in [0.25, 0.3) is 5.91 Å². The quantitative estimate of drug-likeness (QED) is 0.860. The zero-order valence-electron chi connectivity index (χ0n) is 11.7. The predicted octanol–water partition coefficient (Wildman–Crippen LogP) is 1.52. The number of halogens is 1. The smallest absolute Gasteiger partial charge is 0.254 e. The number of carbonyl (C=O) groups is 1. The van der Waals surface area contributed by atoms with Crippen LogP contribution in [0.1, 0.15) is 29.9 Å². The van der Waals surface area contributed by atoms with Crippen molar-refractivity contribution < 1.29 is 14.6 Å². The van der Waals surface area contributed by atoms with E-state index in [2.05, 4.69) is 4.98 Å². The second-order valence-electron chi connectivity index (χ2n) is 4.98. The third-order valence-electron chi connectivity index (χ3n) is 3.27. The summed E-state index contributed by atoms with van der Waals surface area (Å²) in [6.07, 6.45) is 0.304. The van der Waals surface area contributed by atoms with E-state index in [9.17, 15) is 9.90 Å². The van der Waals surface area contributed by atoms with E-state index in [1.165, 1.54) is 0 Å². The summed E-state index contributed by atoms with van der Waals surface area (Å²) < 4.78 is 5.54. The molecule has 1 aliphatic heterocycles. The van der Waals surface area contributed by atoms with Crippen molar-refractivity contribution in [3.63, 3.8) is 0 Å². The third kappa shape index (κ3) is 3.48. The van der Waals surface area contributed by atoms with E-state index in [4.69, 9.17) is 16.3 Å². The number of hydrogen-bond donors (Lipinski definition) is 1. The number of nitrogens with zero attached hydrogens (tertiary/aromatic N) is 2. The fourth-order valence-electron chi connectivity index (χ4n) is 2.35. The van der Waals surface area contributed by atoms with Crippen LogP contribution in [0.5, 0.6) is 0 Å². The van der Waals surface area contributed by atoms with Crippen LogP contribution in [0.25, 0.3) is 0 Å². The Morgan fingerprint density at radius 1 is 1.55 bits per heavy atom. The molecule has 0 spiro atoms. The molecule has 2 rings (SSSR count). The lowest BCUT2D eigenvalue weighted by atomic mass is 10.1. The maximum atomic E-state index is 12.5.